The summed E-state index contributed by atoms with van der Waals surface area (Å²) in [5.74, 6) is -0.344. The van der Waals surface area contributed by atoms with Crippen LogP contribution in [0.2, 0.25) is 0 Å². The van der Waals surface area contributed by atoms with Gasteiger partial charge in [0.1, 0.15) is 5.82 Å². The maximum atomic E-state index is 13.4. The van der Waals surface area contributed by atoms with E-state index in [9.17, 15) is 9.50 Å². The topological polar surface area (TPSA) is 46.2 Å². The normalized spacial score (nSPS) is 14.1. The second-order valence-corrected chi connectivity index (χ2v) is 3.91. The lowest BCUT2D eigenvalue weighted by Crippen LogP contribution is -2.27. The standard InChI is InChI=1S/C12H18FNO.ClH/c1-3-4-11(15)12(14)9-7-8(2)5-6-10(9)13;/h5-7,11-12,15H,3-4,14H2,1-2H3;1H/t11-,12+;/m1./s1. The highest BCUT2D eigenvalue weighted by molar-refractivity contribution is 5.85. The number of hydrogen-bond acceptors (Lipinski definition) is 2. The Balaban J connectivity index is 0.00000225. The van der Waals surface area contributed by atoms with E-state index >= 15 is 0 Å². The molecule has 0 spiro atoms. The Kier molecular flexibility index (Phi) is 6.56. The molecule has 0 bridgehead atoms. The molecule has 0 unspecified atom stereocenters. The van der Waals surface area contributed by atoms with E-state index in [-0.39, 0.29) is 18.2 Å². The molecule has 0 saturated carbocycles. The minimum Gasteiger partial charge on any atom is -0.391 e. The minimum absolute atomic E-state index is 0. The summed E-state index contributed by atoms with van der Waals surface area (Å²) in [6.07, 6.45) is 0.753. The van der Waals surface area contributed by atoms with Crippen molar-refractivity contribution in [3.8, 4) is 0 Å². The summed E-state index contributed by atoms with van der Waals surface area (Å²) in [5, 5.41) is 9.69. The second-order valence-electron chi connectivity index (χ2n) is 3.91. The third kappa shape index (κ3) is 3.74. The van der Waals surface area contributed by atoms with Crippen molar-refractivity contribution < 1.29 is 9.50 Å². The van der Waals surface area contributed by atoms with E-state index in [0.29, 0.717) is 12.0 Å². The molecule has 0 aliphatic rings. The SMILES string of the molecule is CCC[C@@H](O)[C@@H](N)c1cc(C)ccc1F.Cl. The predicted molar refractivity (Wildman–Crippen MR) is 66.2 cm³/mol. The van der Waals surface area contributed by atoms with E-state index in [1.165, 1.54) is 6.07 Å². The zero-order valence-corrected chi connectivity index (χ0v) is 10.4. The van der Waals surface area contributed by atoms with Crippen LogP contribution < -0.4 is 5.73 Å². The predicted octanol–water partition coefficient (Wildman–Crippen LogP) is 2.72. The number of aliphatic hydroxyl groups excluding tert-OH is 1. The Morgan fingerprint density at radius 2 is 2.06 bits per heavy atom. The smallest absolute Gasteiger partial charge is 0.128 e. The number of aliphatic hydroxyl groups is 1. The summed E-state index contributed by atoms with van der Waals surface area (Å²) in [6, 6.07) is 4.14. The van der Waals surface area contributed by atoms with Gasteiger partial charge in [-0.05, 0) is 19.4 Å². The highest BCUT2D eigenvalue weighted by atomic mass is 35.5. The van der Waals surface area contributed by atoms with Gasteiger partial charge in [-0.3, -0.25) is 0 Å². The van der Waals surface area contributed by atoms with Gasteiger partial charge in [-0.1, -0.05) is 31.0 Å². The molecule has 0 fully saturated rings. The third-order valence-electron chi connectivity index (χ3n) is 2.51. The fraction of sp³-hybridized carbons (Fsp3) is 0.500. The van der Waals surface area contributed by atoms with E-state index in [0.717, 1.165) is 12.0 Å². The van der Waals surface area contributed by atoms with Gasteiger partial charge in [-0.2, -0.15) is 0 Å². The number of aryl methyl sites for hydroxylation is 1. The van der Waals surface area contributed by atoms with Crippen LogP contribution >= 0.6 is 12.4 Å². The molecule has 1 aromatic carbocycles. The first-order valence-corrected chi connectivity index (χ1v) is 5.26. The van der Waals surface area contributed by atoms with Crippen LogP contribution in [0.4, 0.5) is 4.39 Å². The fourth-order valence-electron chi connectivity index (χ4n) is 1.60. The zero-order chi connectivity index (χ0) is 11.4. The van der Waals surface area contributed by atoms with Crippen molar-refractivity contribution >= 4 is 12.4 Å². The van der Waals surface area contributed by atoms with E-state index in [1.54, 1.807) is 12.1 Å². The Hall–Kier alpha value is -0.640. The molecule has 0 aliphatic heterocycles. The molecule has 92 valence electrons. The van der Waals surface area contributed by atoms with Gasteiger partial charge < -0.3 is 10.8 Å². The highest BCUT2D eigenvalue weighted by Gasteiger charge is 2.19. The molecular formula is C12H19ClFNO. The third-order valence-corrected chi connectivity index (χ3v) is 2.51. The molecule has 0 saturated heterocycles. The van der Waals surface area contributed by atoms with E-state index in [2.05, 4.69) is 0 Å². The van der Waals surface area contributed by atoms with Crippen LogP contribution in [0.25, 0.3) is 0 Å². The molecule has 3 N–H and O–H groups in total. The molecule has 2 nitrogen and oxygen atoms in total. The van der Waals surface area contributed by atoms with Crippen molar-refractivity contribution in [3.63, 3.8) is 0 Å². The summed E-state index contributed by atoms with van der Waals surface area (Å²) in [7, 11) is 0. The summed E-state index contributed by atoms with van der Waals surface area (Å²) in [6.45, 7) is 3.84. The average Bonchev–Trinajstić information content (AvgIpc) is 2.21. The number of nitrogens with two attached hydrogens (primary N) is 1. The Labute approximate surface area is 102 Å². The molecule has 4 heteroatoms. The van der Waals surface area contributed by atoms with Crippen molar-refractivity contribution in [2.75, 3.05) is 0 Å². The molecule has 16 heavy (non-hydrogen) atoms. The average molecular weight is 248 g/mol. The molecule has 2 atom stereocenters. The molecule has 0 aromatic heterocycles. The lowest BCUT2D eigenvalue weighted by molar-refractivity contribution is 0.133. The van der Waals surface area contributed by atoms with Crippen LogP contribution in [0, 0.1) is 12.7 Å². The monoisotopic (exact) mass is 247 g/mol. The Bertz CT molecular complexity index is 333. The van der Waals surface area contributed by atoms with Crippen LogP contribution in [-0.4, -0.2) is 11.2 Å². The number of benzene rings is 1. The van der Waals surface area contributed by atoms with Gasteiger partial charge in [-0.25, -0.2) is 4.39 Å². The summed E-state index contributed by atoms with van der Waals surface area (Å²) in [5.41, 5.74) is 7.15. The van der Waals surface area contributed by atoms with Crippen LogP contribution in [0.3, 0.4) is 0 Å². The van der Waals surface area contributed by atoms with Gasteiger partial charge >= 0.3 is 0 Å². The Morgan fingerprint density at radius 1 is 1.44 bits per heavy atom. The largest absolute Gasteiger partial charge is 0.391 e. The van der Waals surface area contributed by atoms with Gasteiger partial charge in [-0.15, -0.1) is 12.4 Å². The van der Waals surface area contributed by atoms with Crippen LogP contribution in [0.5, 0.6) is 0 Å². The summed E-state index contributed by atoms with van der Waals surface area (Å²) >= 11 is 0. The molecule has 0 amide bonds. The summed E-state index contributed by atoms with van der Waals surface area (Å²) < 4.78 is 13.4. The number of halogens is 2. The minimum atomic E-state index is -0.675. The molecule has 1 rings (SSSR count). The maximum absolute atomic E-state index is 13.4. The van der Waals surface area contributed by atoms with Gasteiger partial charge in [0.15, 0.2) is 0 Å². The van der Waals surface area contributed by atoms with Gasteiger partial charge in [0.25, 0.3) is 0 Å². The lowest BCUT2D eigenvalue weighted by Gasteiger charge is -2.19. The number of rotatable bonds is 4. The summed E-state index contributed by atoms with van der Waals surface area (Å²) in [4.78, 5) is 0. The van der Waals surface area contributed by atoms with Crippen LogP contribution in [0.15, 0.2) is 18.2 Å². The fourth-order valence-corrected chi connectivity index (χ4v) is 1.60. The maximum Gasteiger partial charge on any atom is 0.128 e. The molecule has 0 aliphatic carbocycles. The first kappa shape index (κ1) is 15.4. The van der Waals surface area contributed by atoms with Crippen molar-refractivity contribution in [1.82, 2.24) is 0 Å². The van der Waals surface area contributed by atoms with Gasteiger partial charge in [0, 0.05) is 5.56 Å². The highest BCUT2D eigenvalue weighted by Crippen LogP contribution is 2.21. The zero-order valence-electron chi connectivity index (χ0n) is 9.61. The van der Waals surface area contributed by atoms with Crippen LogP contribution in [-0.2, 0) is 0 Å². The Morgan fingerprint density at radius 3 is 2.62 bits per heavy atom. The van der Waals surface area contributed by atoms with Gasteiger partial charge in [0.2, 0.25) is 0 Å². The quantitative estimate of drug-likeness (QED) is 0.860. The van der Waals surface area contributed by atoms with E-state index in [1.807, 2.05) is 13.8 Å². The van der Waals surface area contributed by atoms with Crippen LogP contribution in [0.1, 0.15) is 36.9 Å². The first-order chi connectivity index (χ1) is 7.06. The molecule has 1 aromatic rings. The van der Waals surface area contributed by atoms with E-state index in [4.69, 9.17) is 5.73 Å². The second kappa shape index (κ2) is 6.84. The van der Waals surface area contributed by atoms with Crippen molar-refractivity contribution in [3.05, 3.63) is 35.1 Å². The van der Waals surface area contributed by atoms with Gasteiger partial charge in [0.05, 0.1) is 12.1 Å². The number of hydrogen-bond donors (Lipinski definition) is 2. The molecule has 0 heterocycles. The molecular weight excluding hydrogens is 229 g/mol. The van der Waals surface area contributed by atoms with E-state index < -0.39 is 12.1 Å². The lowest BCUT2D eigenvalue weighted by atomic mass is 9.97. The van der Waals surface area contributed by atoms with Crippen molar-refractivity contribution in [1.29, 1.82) is 0 Å². The van der Waals surface area contributed by atoms with Crippen molar-refractivity contribution in [2.45, 2.75) is 38.8 Å². The first-order valence-electron chi connectivity index (χ1n) is 5.26. The van der Waals surface area contributed by atoms with Crippen molar-refractivity contribution in [2.24, 2.45) is 5.73 Å². The molecule has 0 radical (unpaired) electrons.